The fourth-order valence-corrected chi connectivity index (χ4v) is 3.04. The number of anilines is 2. The third-order valence-corrected chi connectivity index (χ3v) is 4.50. The maximum Gasteiger partial charge on any atom is 0.229 e. The Balaban J connectivity index is 1.67. The predicted octanol–water partition coefficient (Wildman–Crippen LogP) is 3.45. The zero-order chi connectivity index (χ0) is 18.1. The number of fused-ring (bicyclic) bond motifs is 1. The first kappa shape index (κ1) is 16.6. The quantitative estimate of drug-likeness (QED) is 0.759. The molecule has 7 heteroatoms. The fourth-order valence-electron chi connectivity index (χ4n) is 3.04. The van der Waals surface area contributed by atoms with E-state index < -0.39 is 5.67 Å². The second-order valence-electron chi connectivity index (χ2n) is 6.92. The van der Waals surface area contributed by atoms with Crippen LogP contribution >= 0.6 is 0 Å². The highest BCUT2D eigenvalue weighted by atomic mass is 19.1. The number of halogens is 1. The predicted molar refractivity (Wildman–Crippen MR) is 99.9 cm³/mol. The van der Waals surface area contributed by atoms with Crippen molar-refractivity contribution >= 4 is 22.8 Å². The van der Waals surface area contributed by atoms with Gasteiger partial charge in [0.2, 0.25) is 5.95 Å². The van der Waals surface area contributed by atoms with Gasteiger partial charge in [0.05, 0.1) is 11.1 Å². The maximum absolute atomic E-state index is 14.5. The molecule has 1 aliphatic heterocycles. The molecule has 0 atom stereocenters. The minimum absolute atomic E-state index is 0.428. The first-order chi connectivity index (χ1) is 12.5. The Morgan fingerprint density at radius 1 is 1.12 bits per heavy atom. The van der Waals surface area contributed by atoms with Gasteiger partial charge in [-0.25, -0.2) is 9.37 Å². The first-order valence-electron chi connectivity index (χ1n) is 8.77. The van der Waals surface area contributed by atoms with Crippen molar-refractivity contribution in [3.8, 4) is 0 Å². The Morgan fingerprint density at radius 2 is 1.88 bits per heavy atom. The Morgan fingerprint density at radius 3 is 2.62 bits per heavy atom. The highest BCUT2D eigenvalue weighted by Crippen LogP contribution is 2.28. The Kier molecular flexibility index (Phi) is 4.14. The molecule has 0 spiro atoms. The van der Waals surface area contributed by atoms with Crippen molar-refractivity contribution in [2.45, 2.75) is 32.5 Å². The molecule has 0 unspecified atom stereocenters. The third-order valence-electron chi connectivity index (χ3n) is 4.50. The van der Waals surface area contributed by atoms with Gasteiger partial charge in [-0.05, 0) is 44.0 Å². The molecule has 1 aliphatic rings. The highest BCUT2D eigenvalue weighted by Gasteiger charge is 2.24. The summed E-state index contributed by atoms with van der Waals surface area (Å²) in [6, 6.07) is 7.50. The Bertz CT molecular complexity index is 933. The summed E-state index contributed by atoms with van der Waals surface area (Å²) in [5, 5.41) is 4.18. The normalized spacial score (nSPS) is 14.3. The number of hydrogen-bond acceptors (Lipinski definition) is 6. The van der Waals surface area contributed by atoms with Crippen LogP contribution < -0.4 is 10.2 Å². The molecule has 1 N–H and O–H groups in total. The summed E-state index contributed by atoms with van der Waals surface area (Å²) in [5.41, 5.74) is 0.397. The lowest BCUT2D eigenvalue weighted by Crippen LogP contribution is -2.38. The number of rotatable bonds is 5. The molecule has 1 saturated heterocycles. The van der Waals surface area contributed by atoms with Crippen LogP contribution in [0.2, 0.25) is 0 Å². The van der Waals surface area contributed by atoms with E-state index >= 15 is 0 Å². The van der Waals surface area contributed by atoms with Crippen molar-refractivity contribution in [2.24, 2.45) is 0 Å². The van der Waals surface area contributed by atoms with Crippen LogP contribution in [-0.4, -0.2) is 33.0 Å². The molecular formula is C19H21FN6. The molecule has 1 fully saturated rings. The van der Waals surface area contributed by atoms with E-state index in [1.165, 1.54) is 13.8 Å². The van der Waals surface area contributed by atoms with Gasteiger partial charge in [0.15, 0.2) is 5.65 Å². The average Bonchev–Trinajstić information content (AvgIpc) is 2.57. The zero-order valence-electron chi connectivity index (χ0n) is 14.9. The number of hydrogen-bond donors (Lipinski definition) is 1. The third kappa shape index (κ3) is 3.16. The summed E-state index contributed by atoms with van der Waals surface area (Å²) in [7, 11) is 0. The van der Waals surface area contributed by atoms with Crippen molar-refractivity contribution in [3.05, 3.63) is 47.9 Å². The molecule has 0 bridgehead atoms. The van der Waals surface area contributed by atoms with Gasteiger partial charge in [-0.1, -0.05) is 6.07 Å². The Hall–Kier alpha value is -2.83. The molecular weight excluding hydrogens is 331 g/mol. The van der Waals surface area contributed by atoms with Gasteiger partial charge < -0.3 is 10.2 Å². The number of pyridine rings is 2. The van der Waals surface area contributed by atoms with Crippen LogP contribution in [0.15, 0.2) is 36.7 Å². The van der Waals surface area contributed by atoms with Crippen molar-refractivity contribution < 1.29 is 4.39 Å². The summed E-state index contributed by atoms with van der Waals surface area (Å²) < 4.78 is 14.5. The molecule has 6 nitrogen and oxygen atoms in total. The standard InChI is InChI=1S/C19H21FN6/c1-19(2,20)15-13(6-3-8-21-15)12-23-17-14-7-4-9-22-16(14)24-18(25-17)26-10-5-11-26/h3-4,6-9H,5,10-12H2,1-2H3,(H,22,23,24,25). The summed E-state index contributed by atoms with van der Waals surface area (Å²) in [6.45, 7) is 5.38. The minimum Gasteiger partial charge on any atom is -0.365 e. The minimum atomic E-state index is -1.50. The van der Waals surface area contributed by atoms with Crippen LogP contribution in [0.4, 0.5) is 16.2 Å². The largest absolute Gasteiger partial charge is 0.365 e. The number of alkyl halides is 1. The van der Waals surface area contributed by atoms with E-state index in [9.17, 15) is 4.39 Å². The smallest absolute Gasteiger partial charge is 0.229 e. The van der Waals surface area contributed by atoms with E-state index in [0.717, 1.165) is 30.5 Å². The molecule has 4 rings (SSSR count). The van der Waals surface area contributed by atoms with E-state index in [-0.39, 0.29) is 0 Å². The molecule has 4 heterocycles. The van der Waals surface area contributed by atoms with Crippen LogP contribution in [0.1, 0.15) is 31.5 Å². The van der Waals surface area contributed by atoms with Gasteiger partial charge >= 0.3 is 0 Å². The summed E-state index contributed by atoms with van der Waals surface area (Å²) in [4.78, 5) is 20.0. The molecule has 134 valence electrons. The summed E-state index contributed by atoms with van der Waals surface area (Å²) in [5.74, 6) is 1.39. The van der Waals surface area contributed by atoms with Crippen molar-refractivity contribution in [1.29, 1.82) is 0 Å². The van der Waals surface area contributed by atoms with Gasteiger partial charge in [0, 0.05) is 32.0 Å². The van der Waals surface area contributed by atoms with Gasteiger partial charge in [-0.2, -0.15) is 9.97 Å². The lowest BCUT2D eigenvalue weighted by Gasteiger charge is -2.31. The number of nitrogens with one attached hydrogen (secondary N) is 1. The SMILES string of the molecule is CC(C)(F)c1ncccc1CNc1nc(N2CCC2)nc2ncccc12. The van der Waals surface area contributed by atoms with E-state index in [2.05, 4.69) is 30.2 Å². The monoisotopic (exact) mass is 352 g/mol. The molecule has 3 aromatic heterocycles. The topological polar surface area (TPSA) is 66.8 Å². The van der Waals surface area contributed by atoms with E-state index in [1.54, 1.807) is 12.4 Å². The first-order valence-corrected chi connectivity index (χ1v) is 8.77. The maximum atomic E-state index is 14.5. The molecule has 0 saturated carbocycles. The lowest BCUT2D eigenvalue weighted by atomic mass is 10.0. The summed E-state index contributed by atoms with van der Waals surface area (Å²) >= 11 is 0. The molecule has 0 amide bonds. The van der Waals surface area contributed by atoms with Crippen LogP contribution in [0.5, 0.6) is 0 Å². The van der Waals surface area contributed by atoms with Gasteiger partial charge in [0.1, 0.15) is 11.5 Å². The van der Waals surface area contributed by atoms with Crippen LogP contribution in [0, 0.1) is 0 Å². The number of aromatic nitrogens is 4. The van der Waals surface area contributed by atoms with Crippen molar-refractivity contribution in [1.82, 2.24) is 19.9 Å². The highest BCUT2D eigenvalue weighted by molar-refractivity contribution is 5.87. The Labute approximate surface area is 151 Å². The number of nitrogens with zero attached hydrogens (tertiary/aromatic N) is 5. The van der Waals surface area contributed by atoms with E-state index in [0.29, 0.717) is 29.7 Å². The van der Waals surface area contributed by atoms with E-state index in [1.807, 2.05) is 24.3 Å². The zero-order valence-corrected chi connectivity index (χ0v) is 14.9. The molecule has 0 aromatic carbocycles. The van der Waals surface area contributed by atoms with Gasteiger partial charge in [-0.15, -0.1) is 0 Å². The van der Waals surface area contributed by atoms with Crippen LogP contribution in [-0.2, 0) is 12.2 Å². The molecule has 0 radical (unpaired) electrons. The van der Waals surface area contributed by atoms with E-state index in [4.69, 9.17) is 0 Å². The second kappa shape index (κ2) is 6.48. The molecule has 3 aromatic rings. The van der Waals surface area contributed by atoms with Crippen molar-refractivity contribution in [2.75, 3.05) is 23.3 Å². The lowest BCUT2D eigenvalue weighted by molar-refractivity contribution is 0.212. The van der Waals surface area contributed by atoms with Crippen LogP contribution in [0.3, 0.4) is 0 Å². The second-order valence-corrected chi connectivity index (χ2v) is 6.92. The van der Waals surface area contributed by atoms with Crippen LogP contribution in [0.25, 0.3) is 11.0 Å². The van der Waals surface area contributed by atoms with Gasteiger partial charge in [0.25, 0.3) is 0 Å². The molecule has 0 aliphatic carbocycles. The summed E-state index contributed by atoms with van der Waals surface area (Å²) in [6.07, 6.45) is 4.49. The average molecular weight is 352 g/mol. The van der Waals surface area contributed by atoms with Crippen molar-refractivity contribution in [3.63, 3.8) is 0 Å². The fraction of sp³-hybridized carbons (Fsp3) is 0.368. The molecule has 26 heavy (non-hydrogen) atoms. The van der Waals surface area contributed by atoms with Gasteiger partial charge in [-0.3, -0.25) is 4.98 Å².